The highest BCUT2D eigenvalue weighted by molar-refractivity contribution is 9.11. The van der Waals surface area contributed by atoms with Crippen LogP contribution in [0.1, 0.15) is 22.2 Å². The first kappa shape index (κ1) is 14.7. The lowest BCUT2D eigenvalue weighted by Crippen LogP contribution is -2.19. The van der Waals surface area contributed by atoms with E-state index in [1.807, 2.05) is 19.1 Å². The number of ether oxygens (including phenoxy) is 1. The molecule has 6 heteroatoms. The van der Waals surface area contributed by atoms with Crippen LogP contribution in [0.15, 0.2) is 45.3 Å². The lowest BCUT2D eigenvalue weighted by molar-refractivity contribution is 0.0954. The van der Waals surface area contributed by atoms with Crippen molar-refractivity contribution >= 4 is 38.9 Å². The van der Waals surface area contributed by atoms with Gasteiger partial charge in [0, 0.05) is 5.56 Å². The normalized spacial score (nSPS) is 11.2. The number of carbonyl (C=O) groups excluding carboxylic acids is 1. The predicted octanol–water partition coefficient (Wildman–Crippen LogP) is 3.67. The molecule has 0 fully saturated rings. The Bertz CT molecular complexity index is 652. The number of thiophene rings is 1. The van der Waals surface area contributed by atoms with Gasteiger partial charge in [0.25, 0.3) is 5.91 Å². The summed E-state index contributed by atoms with van der Waals surface area (Å²) in [6.07, 6.45) is 0. The molecule has 0 spiro atoms. The van der Waals surface area contributed by atoms with Gasteiger partial charge in [0.15, 0.2) is 0 Å². The predicted molar refractivity (Wildman–Crippen MR) is 84.7 cm³/mol. The Hall–Kier alpha value is -1.66. The van der Waals surface area contributed by atoms with E-state index in [9.17, 15) is 4.79 Å². The first-order chi connectivity index (χ1) is 9.60. The zero-order valence-electron chi connectivity index (χ0n) is 11.0. The van der Waals surface area contributed by atoms with Crippen LogP contribution in [0.25, 0.3) is 0 Å². The van der Waals surface area contributed by atoms with E-state index >= 15 is 0 Å². The standard InChI is InChI=1S/C14H13BrN2O2S/c1-9(12-6-7-13(15)20-12)16-17-14(18)10-4-3-5-11(8-10)19-2/h3-8H,1-2H3,(H,17,18). The molecule has 0 saturated carbocycles. The van der Waals surface area contributed by atoms with E-state index in [0.717, 1.165) is 14.4 Å². The summed E-state index contributed by atoms with van der Waals surface area (Å²) in [5, 5.41) is 4.11. The summed E-state index contributed by atoms with van der Waals surface area (Å²) in [6.45, 7) is 1.85. The fourth-order valence-electron chi connectivity index (χ4n) is 1.53. The van der Waals surface area contributed by atoms with Gasteiger partial charge in [-0.25, -0.2) is 5.43 Å². The number of carbonyl (C=O) groups is 1. The van der Waals surface area contributed by atoms with Gasteiger partial charge in [-0.15, -0.1) is 11.3 Å². The van der Waals surface area contributed by atoms with Crippen LogP contribution < -0.4 is 10.2 Å². The second-order valence-electron chi connectivity index (χ2n) is 3.97. The summed E-state index contributed by atoms with van der Waals surface area (Å²) in [7, 11) is 1.56. The number of nitrogens with zero attached hydrogens (tertiary/aromatic N) is 1. The molecule has 104 valence electrons. The number of methoxy groups -OCH3 is 1. The first-order valence-electron chi connectivity index (χ1n) is 5.84. The maximum absolute atomic E-state index is 12.0. The summed E-state index contributed by atoms with van der Waals surface area (Å²) in [4.78, 5) is 13.0. The molecule has 1 aromatic heterocycles. The third-order valence-electron chi connectivity index (χ3n) is 2.59. The highest BCUT2D eigenvalue weighted by atomic mass is 79.9. The SMILES string of the molecule is COc1cccc(C(=O)NN=C(C)c2ccc(Br)s2)c1. The van der Waals surface area contributed by atoms with Crippen molar-refractivity contribution in [1.82, 2.24) is 5.43 Å². The van der Waals surface area contributed by atoms with Gasteiger partial charge in [-0.1, -0.05) is 6.07 Å². The molecule has 2 aromatic rings. The highest BCUT2D eigenvalue weighted by Crippen LogP contribution is 2.22. The minimum atomic E-state index is -0.265. The van der Waals surface area contributed by atoms with Crippen LogP contribution in [0.2, 0.25) is 0 Å². The van der Waals surface area contributed by atoms with Crippen molar-refractivity contribution < 1.29 is 9.53 Å². The second kappa shape index (κ2) is 6.67. The maximum atomic E-state index is 12.0. The average molecular weight is 353 g/mol. The minimum absolute atomic E-state index is 0.265. The number of rotatable bonds is 4. The minimum Gasteiger partial charge on any atom is -0.497 e. The number of hydrogen-bond donors (Lipinski definition) is 1. The fourth-order valence-corrected chi connectivity index (χ4v) is 2.86. The van der Waals surface area contributed by atoms with Crippen LogP contribution in [0, 0.1) is 0 Å². The van der Waals surface area contributed by atoms with Gasteiger partial charge in [0.1, 0.15) is 5.75 Å². The molecule has 0 unspecified atom stereocenters. The fraction of sp³-hybridized carbons (Fsp3) is 0.143. The molecule has 0 bridgehead atoms. The zero-order chi connectivity index (χ0) is 14.5. The van der Waals surface area contributed by atoms with Crippen molar-refractivity contribution in [3.8, 4) is 5.75 Å². The first-order valence-corrected chi connectivity index (χ1v) is 7.45. The van der Waals surface area contributed by atoms with Crippen LogP contribution in [-0.2, 0) is 0 Å². The lowest BCUT2D eigenvalue weighted by Gasteiger charge is -2.03. The Labute approximate surface area is 129 Å². The van der Waals surface area contributed by atoms with E-state index in [4.69, 9.17) is 4.74 Å². The van der Waals surface area contributed by atoms with E-state index in [1.54, 1.807) is 42.7 Å². The summed E-state index contributed by atoms with van der Waals surface area (Å²) < 4.78 is 6.11. The molecule has 1 amide bonds. The van der Waals surface area contributed by atoms with Crippen molar-refractivity contribution in [1.29, 1.82) is 0 Å². The molecule has 0 aliphatic heterocycles. The molecule has 0 saturated heterocycles. The summed E-state index contributed by atoms with van der Waals surface area (Å²) in [6, 6.07) is 10.8. The largest absolute Gasteiger partial charge is 0.497 e. The molecular formula is C14H13BrN2O2S. The topological polar surface area (TPSA) is 50.7 Å². The van der Waals surface area contributed by atoms with Crippen molar-refractivity contribution in [2.75, 3.05) is 7.11 Å². The Morgan fingerprint density at radius 3 is 2.80 bits per heavy atom. The number of hydrogen-bond acceptors (Lipinski definition) is 4. The van der Waals surface area contributed by atoms with Gasteiger partial charge < -0.3 is 4.74 Å². The zero-order valence-corrected chi connectivity index (χ0v) is 13.4. The number of halogens is 1. The van der Waals surface area contributed by atoms with Crippen LogP contribution in [0.5, 0.6) is 5.75 Å². The molecule has 0 aliphatic rings. The van der Waals surface area contributed by atoms with Crippen molar-refractivity contribution in [3.63, 3.8) is 0 Å². The molecule has 0 radical (unpaired) electrons. The van der Waals surface area contributed by atoms with Crippen molar-refractivity contribution in [2.45, 2.75) is 6.92 Å². The van der Waals surface area contributed by atoms with Gasteiger partial charge in [0.2, 0.25) is 0 Å². The molecule has 1 heterocycles. The van der Waals surface area contributed by atoms with Gasteiger partial charge in [0.05, 0.1) is 21.5 Å². The molecule has 2 rings (SSSR count). The number of amides is 1. The van der Waals surface area contributed by atoms with Gasteiger partial charge in [-0.2, -0.15) is 5.10 Å². The quantitative estimate of drug-likeness (QED) is 0.674. The molecule has 1 aromatic carbocycles. The third-order valence-corrected chi connectivity index (χ3v) is 4.32. The summed E-state index contributed by atoms with van der Waals surface area (Å²) >= 11 is 4.96. The molecule has 20 heavy (non-hydrogen) atoms. The smallest absolute Gasteiger partial charge is 0.271 e. The molecular weight excluding hydrogens is 340 g/mol. The van der Waals surface area contributed by atoms with Crippen LogP contribution in [0.3, 0.4) is 0 Å². The van der Waals surface area contributed by atoms with E-state index in [2.05, 4.69) is 26.5 Å². The Morgan fingerprint density at radius 2 is 2.15 bits per heavy atom. The molecule has 0 aliphatic carbocycles. The summed E-state index contributed by atoms with van der Waals surface area (Å²) in [5.74, 6) is 0.374. The molecule has 1 N–H and O–H groups in total. The lowest BCUT2D eigenvalue weighted by atomic mass is 10.2. The maximum Gasteiger partial charge on any atom is 0.271 e. The van der Waals surface area contributed by atoms with Crippen LogP contribution in [-0.4, -0.2) is 18.7 Å². The number of benzene rings is 1. The Morgan fingerprint density at radius 1 is 1.35 bits per heavy atom. The third kappa shape index (κ3) is 3.68. The van der Waals surface area contributed by atoms with Crippen LogP contribution in [0.4, 0.5) is 0 Å². The second-order valence-corrected chi connectivity index (χ2v) is 6.44. The average Bonchev–Trinajstić information content (AvgIpc) is 2.91. The van der Waals surface area contributed by atoms with E-state index in [-0.39, 0.29) is 5.91 Å². The van der Waals surface area contributed by atoms with Crippen LogP contribution >= 0.6 is 27.3 Å². The molecule has 4 nitrogen and oxygen atoms in total. The summed E-state index contributed by atoms with van der Waals surface area (Å²) in [5.41, 5.74) is 3.81. The van der Waals surface area contributed by atoms with Crippen molar-refractivity contribution in [2.24, 2.45) is 5.10 Å². The van der Waals surface area contributed by atoms with Gasteiger partial charge in [-0.3, -0.25) is 4.79 Å². The van der Waals surface area contributed by atoms with E-state index in [0.29, 0.717) is 11.3 Å². The Kier molecular flexibility index (Phi) is 4.92. The van der Waals surface area contributed by atoms with Gasteiger partial charge in [-0.05, 0) is 53.2 Å². The molecule has 0 atom stereocenters. The Balaban J connectivity index is 2.07. The van der Waals surface area contributed by atoms with E-state index < -0.39 is 0 Å². The van der Waals surface area contributed by atoms with E-state index in [1.165, 1.54) is 0 Å². The monoisotopic (exact) mass is 352 g/mol. The van der Waals surface area contributed by atoms with Crippen molar-refractivity contribution in [3.05, 3.63) is 50.6 Å². The van der Waals surface area contributed by atoms with Gasteiger partial charge >= 0.3 is 0 Å². The highest BCUT2D eigenvalue weighted by Gasteiger charge is 2.07. The number of hydrazone groups is 1. The number of nitrogens with one attached hydrogen (secondary N) is 1.